The van der Waals surface area contributed by atoms with Crippen LogP contribution >= 0.6 is 0 Å². The molecule has 8 heteroatoms. The molecule has 0 unspecified atom stereocenters. The Balaban J connectivity index is 1.77. The van der Waals surface area contributed by atoms with Crippen molar-refractivity contribution in [2.45, 2.75) is 45.8 Å². The lowest BCUT2D eigenvalue weighted by Gasteiger charge is -2.39. The van der Waals surface area contributed by atoms with Gasteiger partial charge in [-0.25, -0.2) is 14.8 Å². The van der Waals surface area contributed by atoms with Crippen molar-refractivity contribution in [1.82, 2.24) is 20.0 Å². The van der Waals surface area contributed by atoms with Crippen LogP contribution in [-0.2, 0) is 4.74 Å². The van der Waals surface area contributed by atoms with Gasteiger partial charge in [-0.3, -0.25) is 4.90 Å². The Morgan fingerprint density at radius 1 is 1.36 bits per heavy atom. The lowest BCUT2D eigenvalue weighted by atomic mass is 10.0. The van der Waals surface area contributed by atoms with Crippen LogP contribution in [0.25, 0.3) is 11.4 Å². The van der Waals surface area contributed by atoms with Crippen LogP contribution < -0.4 is 4.74 Å². The number of aromatic nitrogens is 3. The smallest absolute Gasteiger partial charge is 0.410 e. The SMILES string of the molecule is CCOc1nccnc1-c1cc([C@@H]2CCN2C(=O)OC(C)(C)C)on1. The van der Waals surface area contributed by atoms with Gasteiger partial charge in [0.1, 0.15) is 11.3 Å². The quantitative estimate of drug-likeness (QED) is 0.839. The maximum atomic E-state index is 12.2. The second kappa shape index (κ2) is 6.70. The highest BCUT2D eigenvalue weighted by molar-refractivity contribution is 5.70. The van der Waals surface area contributed by atoms with Gasteiger partial charge in [-0.05, 0) is 34.1 Å². The van der Waals surface area contributed by atoms with Gasteiger partial charge in [-0.15, -0.1) is 0 Å². The molecule has 1 saturated heterocycles. The van der Waals surface area contributed by atoms with Gasteiger partial charge >= 0.3 is 6.09 Å². The van der Waals surface area contributed by atoms with Gasteiger partial charge in [0.25, 0.3) is 0 Å². The van der Waals surface area contributed by atoms with Crippen molar-refractivity contribution in [3.63, 3.8) is 0 Å². The van der Waals surface area contributed by atoms with E-state index < -0.39 is 5.60 Å². The molecule has 3 rings (SSSR count). The summed E-state index contributed by atoms with van der Waals surface area (Å²) < 4.78 is 16.3. The molecule has 0 bridgehead atoms. The third-order valence-corrected chi connectivity index (χ3v) is 3.69. The third kappa shape index (κ3) is 3.72. The molecule has 134 valence electrons. The van der Waals surface area contributed by atoms with Crippen LogP contribution in [0.15, 0.2) is 23.0 Å². The van der Waals surface area contributed by atoms with E-state index in [4.69, 9.17) is 14.0 Å². The minimum atomic E-state index is -0.532. The van der Waals surface area contributed by atoms with E-state index in [0.717, 1.165) is 6.42 Å². The lowest BCUT2D eigenvalue weighted by molar-refractivity contribution is -0.0108. The Labute approximate surface area is 146 Å². The molecular weight excluding hydrogens is 324 g/mol. The zero-order valence-electron chi connectivity index (χ0n) is 14.9. The number of carbonyl (C=O) groups excluding carboxylic acids is 1. The second-order valence-electron chi connectivity index (χ2n) is 6.74. The number of rotatable bonds is 4. The fourth-order valence-corrected chi connectivity index (χ4v) is 2.52. The van der Waals surface area contributed by atoms with E-state index in [1.165, 1.54) is 0 Å². The zero-order chi connectivity index (χ0) is 18.0. The molecule has 2 aromatic rings. The first-order chi connectivity index (χ1) is 11.9. The third-order valence-electron chi connectivity index (χ3n) is 3.69. The summed E-state index contributed by atoms with van der Waals surface area (Å²) in [5.41, 5.74) is 0.514. The molecular formula is C17H22N4O4. The highest BCUT2D eigenvalue weighted by atomic mass is 16.6. The van der Waals surface area contributed by atoms with Crippen molar-refractivity contribution >= 4 is 6.09 Å². The zero-order valence-corrected chi connectivity index (χ0v) is 14.9. The number of hydrogen-bond acceptors (Lipinski definition) is 7. The number of nitrogens with zero attached hydrogens (tertiary/aromatic N) is 4. The summed E-state index contributed by atoms with van der Waals surface area (Å²) in [6.07, 6.45) is 3.58. The Morgan fingerprint density at radius 2 is 2.12 bits per heavy atom. The highest BCUT2D eigenvalue weighted by Gasteiger charge is 2.38. The predicted octanol–water partition coefficient (Wildman–Crippen LogP) is 3.21. The summed E-state index contributed by atoms with van der Waals surface area (Å²) in [7, 11) is 0. The fourth-order valence-electron chi connectivity index (χ4n) is 2.52. The van der Waals surface area contributed by atoms with Crippen LogP contribution in [0.2, 0.25) is 0 Å². The van der Waals surface area contributed by atoms with Crippen molar-refractivity contribution < 1.29 is 18.8 Å². The molecule has 2 aromatic heterocycles. The average molecular weight is 346 g/mol. The van der Waals surface area contributed by atoms with E-state index in [1.54, 1.807) is 23.4 Å². The van der Waals surface area contributed by atoms with Crippen molar-refractivity contribution in [2.75, 3.05) is 13.2 Å². The van der Waals surface area contributed by atoms with E-state index in [1.807, 2.05) is 27.7 Å². The van der Waals surface area contributed by atoms with Gasteiger partial charge < -0.3 is 14.0 Å². The fraction of sp³-hybridized carbons (Fsp3) is 0.529. The maximum absolute atomic E-state index is 12.2. The molecule has 1 fully saturated rings. The minimum absolute atomic E-state index is 0.177. The second-order valence-corrected chi connectivity index (χ2v) is 6.74. The molecule has 1 aliphatic heterocycles. The van der Waals surface area contributed by atoms with Gasteiger partial charge in [0.2, 0.25) is 5.88 Å². The van der Waals surface area contributed by atoms with Gasteiger partial charge in [-0.1, -0.05) is 5.16 Å². The number of amides is 1. The number of ether oxygens (including phenoxy) is 2. The number of carbonyl (C=O) groups is 1. The normalized spacial score (nSPS) is 17.1. The van der Waals surface area contributed by atoms with Gasteiger partial charge in [0, 0.05) is 25.0 Å². The molecule has 1 aliphatic rings. The molecule has 0 radical (unpaired) electrons. The molecule has 0 aromatic carbocycles. The highest BCUT2D eigenvalue weighted by Crippen LogP contribution is 2.36. The molecule has 0 spiro atoms. The summed E-state index contributed by atoms with van der Waals surface area (Å²) in [5, 5.41) is 4.06. The summed E-state index contributed by atoms with van der Waals surface area (Å²) in [4.78, 5) is 22.3. The van der Waals surface area contributed by atoms with Crippen molar-refractivity contribution in [3.05, 3.63) is 24.2 Å². The summed E-state index contributed by atoms with van der Waals surface area (Å²) in [6.45, 7) is 8.51. The molecule has 3 heterocycles. The summed E-state index contributed by atoms with van der Waals surface area (Å²) >= 11 is 0. The largest absolute Gasteiger partial charge is 0.476 e. The first kappa shape index (κ1) is 17.2. The van der Waals surface area contributed by atoms with Gasteiger partial charge in [0.05, 0.1) is 12.6 Å². The first-order valence-corrected chi connectivity index (χ1v) is 8.29. The van der Waals surface area contributed by atoms with Gasteiger partial charge in [0.15, 0.2) is 11.5 Å². The number of hydrogen-bond donors (Lipinski definition) is 0. The summed E-state index contributed by atoms with van der Waals surface area (Å²) in [5.74, 6) is 1.00. The van der Waals surface area contributed by atoms with Crippen LogP contribution in [0.1, 0.15) is 45.9 Å². The Bertz CT molecular complexity index is 753. The summed E-state index contributed by atoms with van der Waals surface area (Å²) in [6, 6.07) is 1.59. The van der Waals surface area contributed by atoms with Crippen molar-refractivity contribution in [1.29, 1.82) is 0 Å². The average Bonchev–Trinajstić information content (AvgIpc) is 2.94. The van der Waals surface area contributed by atoms with Crippen LogP contribution in [0.3, 0.4) is 0 Å². The molecule has 0 N–H and O–H groups in total. The van der Waals surface area contributed by atoms with Crippen LogP contribution in [0.4, 0.5) is 4.79 Å². The molecule has 8 nitrogen and oxygen atoms in total. The molecule has 0 aliphatic carbocycles. The predicted molar refractivity (Wildman–Crippen MR) is 89.0 cm³/mol. The van der Waals surface area contributed by atoms with Crippen LogP contribution in [-0.4, -0.2) is 44.9 Å². The van der Waals surface area contributed by atoms with Gasteiger partial charge in [-0.2, -0.15) is 0 Å². The maximum Gasteiger partial charge on any atom is 0.410 e. The molecule has 25 heavy (non-hydrogen) atoms. The Hall–Kier alpha value is -2.64. The Morgan fingerprint density at radius 3 is 2.76 bits per heavy atom. The monoisotopic (exact) mass is 346 g/mol. The van der Waals surface area contributed by atoms with Crippen molar-refractivity contribution in [3.8, 4) is 17.3 Å². The van der Waals surface area contributed by atoms with E-state index in [-0.39, 0.29) is 12.1 Å². The van der Waals surface area contributed by atoms with Crippen molar-refractivity contribution in [2.24, 2.45) is 0 Å². The minimum Gasteiger partial charge on any atom is -0.476 e. The first-order valence-electron chi connectivity index (χ1n) is 8.29. The van der Waals surface area contributed by atoms with E-state index >= 15 is 0 Å². The molecule has 0 saturated carbocycles. The number of likely N-dealkylation sites (tertiary alicyclic amines) is 1. The molecule has 1 amide bonds. The van der Waals surface area contributed by atoms with E-state index in [2.05, 4.69) is 15.1 Å². The lowest BCUT2D eigenvalue weighted by Crippen LogP contribution is -2.47. The topological polar surface area (TPSA) is 90.6 Å². The van der Waals surface area contributed by atoms with Crippen LogP contribution in [0.5, 0.6) is 5.88 Å². The van der Waals surface area contributed by atoms with Crippen LogP contribution in [0, 0.1) is 0 Å². The molecule has 1 atom stereocenters. The van der Waals surface area contributed by atoms with E-state index in [0.29, 0.717) is 36.2 Å². The standard InChI is InChI=1S/C17H22N4O4/c1-5-23-15-14(18-7-8-19-15)11-10-13(25-20-11)12-6-9-21(12)16(22)24-17(2,3)4/h7-8,10,12H,5-6,9H2,1-4H3/t12-/m0/s1. The van der Waals surface area contributed by atoms with E-state index in [9.17, 15) is 4.79 Å². The Kier molecular flexibility index (Phi) is 4.61.